The van der Waals surface area contributed by atoms with Gasteiger partial charge < -0.3 is 27.9 Å². The second-order valence-corrected chi connectivity index (χ2v) is 8.46. The Morgan fingerprint density at radius 2 is 0.741 bits per heavy atom. The van der Waals surface area contributed by atoms with Crippen molar-refractivity contribution >= 4 is 15.6 Å². The van der Waals surface area contributed by atoms with Gasteiger partial charge in [0, 0.05) is 0 Å². The van der Waals surface area contributed by atoms with Crippen LogP contribution in [0, 0.1) is 0 Å². The summed E-state index contributed by atoms with van der Waals surface area (Å²) in [6.07, 6.45) is 6.60. The van der Waals surface area contributed by atoms with E-state index < -0.39 is 15.6 Å². The Kier molecular flexibility index (Phi) is 25.7. The molecule has 0 radical (unpaired) electrons. The third-order valence-electron chi connectivity index (χ3n) is 2.99. The predicted molar refractivity (Wildman–Crippen MR) is 98.7 cm³/mol. The average Bonchev–Trinajstić information content (AvgIpc) is 2.56. The molecule has 27 heavy (non-hydrogen) atoms. The van der Waals surface area contributed by atoms with Crippen LogP contribution in [-0.4, -0.2) is 26.4 Å². The number of phosphoric ester groups is 2. The minimum absolute atomic E-state index is 0. The summed E-state index contributed by atoms with van der Waals surface area (Å²) >= 11 is 0. The van der Waals surface area contributed by atoms with Gasteiger partial charge >= 0.3 is 17.1 Å². The van der Waals surface area contributed by atoms with Crippen LogP contribution in [0.1, 0.15) is 79.1 Å². The molecule has 0 heterocycles. The summed E-state index contributed by atoms with van der Waals surface area (Å²) in [6.45, 7) is 8.78. The Hall–Kier alpha value is 0.739. The number of hydrogen-bond acceptors (Lipinski definition) is 8. The molecule has 0 bridgehead atoms. The second kappa shape index (κ2) is 21.4. The van der Waals surface area contributed by atoms with Crippen LogP contribution in [0.5, 0.6) is 0 Å². The van der Waals surface area contributed by atoms with Crippen LogP contribution in [0.15, 0.2) is 0 Å². The van der Waals surface area contributed by atoms with Crippen molar-refractivity contribution in [2.45, 2.75) is 79.1 Å². The van der Waals surface area contributed by atoms with Gasteiger partial charge in [-0.15, -0.1) is 0 Å². The van der Waals surface area contributed by atoms with Gasteiger partial charge in [-0.05, 0) is 25.7 Å². The largest absolute Gasteiger partial charge is 2.00 e. The van der Waals surface area contributed by atoms with Crippen molar-refractivity contribution in [1.29, 1.82) is 0 Å². The molecule has 0 aliphatic rings. The molecule has 0 aromatic heterocycles. The van der Waals surface area contributed by atoms with Crippen LogP contribution < -0.4 is 9.79 Å². The molecule has 166 valence electrons. The minimum Gasteiger partial charge on any atom is -0.756 e. The third kappa shape index (κ3) is 26.7. The molecule has 0 aliphatic heterocycles. The van der Waals surface area contributed by atoms with Gasteiger partial charge in [-0.3, -0.25) is 9.13 Å². The fourth-order valence-corrected chi connectivity index (χ4v) is 2.92. The van der Waals surface area contributed by atoms with Crippen molar-refractivity contribution in [3.05, 3.63) is 0 Å². The zero-order valence-corrected chi connectivity index (χ0v) is 19.9. The quantitative estimate of drug-likeness (QED) is 0.186. The third-order valence-corrected chi connectivity index (χ3v) is 4.98. The van der Waals surface area contributed by atoms with Crippen molar-refractivity contribution in [2.24, 2.45) is 0 Å². The summed E-state index contributed by atoms with van der Waals surface area (Å²) in [5.41, 5.74) is 0. The van der Waals surface area contributed by atoms with Gasteiger partial charge in [-0.25, -0.2) is 0 Å². The van der Waals surface area contributed by atoms with Gasteiger partial charge in [0.15, 0.2) is 0 Å². The summed E-state index contributed by atoms with van der Waals surface area (Å²) in [4.78, 5) is 21.9. The fourth-order valence-electron chi connectivity index (χ4n) is 1.36. The number of phosphoric acid groups is 2. The molecule has 0 rings (SSSR count). The van der Waals surface area contributed by atoms with Crippen molar-refractivity contribution in [3.63, 3.8) is 0 Å². The molecule has 8 nitrogen and oxygen atoms in total. The van der Waals surface area contributed by atoms with Gasteiger partial charge in [-0.1, -0.05) is 53.4 Å². The van der Waals surface area contributed by atoms with Crippen LogP contribution in [0.2, 0.25) is 0 Å². The first-order chi connectivity index (χ1) is 12.2. The molecule has 0 atom stereocenters. The van der Waals surface area contributed by atoms with Crippen molar-refractivity contribution in [2.75, 3.05) is 26.4 Å². The van der Waals surface area contributed by atoms with Crippen molar-refractivity contribution < 1.29 is 54.1 Å². The smallest absolute Gasteiger partial charge is 0.756 e. The Bertz CT molecular complexity index is 335. The predicted octanol–water partition coefficient (Wildman–Crippen LogP) is 4.17. The van der Waals surface area contributed by atoms with E-state index in [2.05, 4.69) is 18.1 Å². The summed E-state index contributed by atoms with van der Waals surface area (Å²) in [5.74, 6) is 0. The molecule has 0 unspecified atom stereocenters. The van der Waals surface area contributed by atoms with Gasteiger partial charge in [-0.2, -0.15) is 0 Å². The average molecular weight is 474 g/mol. The molecule has 0 spiro atoms. The Morgan fingerprint density at radius 3 is 0.889 bits per heavy atom. The summed E-state index contributed by atoms with van der Waals surface area (Å²) in [6, 6.07) is 0. The monoisotopic (exact) mass is 474 g/mol. The fraction of sp³-hybridized carbons (Fsp3) is 1.00. The van der Waals surface area contributed by atoms with E-state index in [1.54, 1.807) is 0 Å². The molecule has 0 aliphatic carbocycles. The first kappa shape index (κ1) is 32.4. The van der Waals surface area contributed by atoms with Crippen LogP contribution in [0.4, 0.5) is 0 Å². The van der Waals surface area contributed by atoms with E-state index in [1.807, 2.05) is 27.7 Å². The molecular weight excluding hydrogens is 438 g/mol. The standard InChI is InChI=1S/2C8H19O4P.Fe/c2*1-3-5-7-11-13(9,10)12-8-6-4-2;/h2*3-8H2,1-2H3,(H,9,10);/q;;+2/p-2. The molecule has 0 saturated carbocycles. The zero-order chi connectivity index (χ0) is 20.3. The van der Waals surface area contributed by atoms with E-state index in [1.165, 1.54) is 0 Å². The Morgan fingerprint density at radius 1 is 0.556 bits per heavy atom. The Labute approximate surface area is 175 Å². The van der Waals surface area contributed by atoms with Gasteiger partial charge in [0.1, 0.15) is 0 Å². The van der Waals surface area contributed by atoms with Crippen LogP contribution in [0.25, 0.3) is 0 Å². The van der Waals surface area contributed by atoms with E-state index >= 15 is 0 Å². The first-order valence-electron chi connectivity index (χ1n) is 9.44. The maximum absolute atomic E-state index is 11.0. The van der Waals surface area contributed by atoms with Crippen LogP contribution >= 0.6 is 15.6 Å². The number of rotatable bonds is 16. The summed E-state index contributed by atoms with van der Waals surface area (Å²) in [5, 5.41) is 0. The topological polar surface area (TPSA) is 117 Å². The van der Waals surface area contributed by atoms with Gasteiger partial charge in [0.05, 0.1) is 26.4 Å². The number of unbranched alkanes of at least 4 members (excludes halogenated alkanes) is 4. The molecule has 0 fully saturated rings. The van der Waals surface area contributed by atoms with E-state index in [4.69, 9.17) is 0 Å². The Balaban J connectivity index is -0.000000411. The zero-order valence-electron chi connectivity index (χ0n) is 17.0. The molecular formula is C16H36FeO8P2. The molecule has 0 aromatic rings. The van der Waals surface area contributed by atoms with Crippen LogP contribution in [-0.2, 0) is 44.3 Å². The molecule has 0 N–H and O–H groups in total. The molecule has 11 heteroatoms. The van der Waals surface area contributed by atoms with Gasteiger partial charge in [0.2, 0.25) is 0 Å². The van der Waals surface area contributed by atoms with Crippen molar-refractivity contribution in [1.82, 2.24) is 0 Å². The van der Waals surface area contributed by atoms with E-state index in [9.17, 15) is 18.9 Å². The first-order valence-corrected chi connectivity index (χ1v) is 12.4. The SMILES string of the molecule is CCCCOP(=O)([O-])OCCCC.CCCCOP(=O)([O-])OCCCC.[Fe+2]. The maximum Gasteiger partial charge on any atom is 2.00 e. The number of hydrogen-bond donors (Lipinski definition) is 0. The van der Waals surface area contributed by atoms with Crippen LogP contribution in [0.3, 0.4) is 0 Å². The summed E-state index contributed by atoms with van der Waals surface area (Å²) < 4.78 is 40.3. The maximum atomic E-state index is 11.0. The van der Waals surface area contributed by atoms with Crippen molar-refractivity contribution in [3.8, 4) is 0 Å². The normalized spacial score (nSPS) is 11.5. The summed E-state index contributed by atoms with van der Waals surface area (Å²) in [7, 11) is -8.00. The molecule has 0 saturated heterocycles. The van der Waals surface area contributed by atoms with E-state index in [-0.39, 0.29) is 43.5 Å². The van der Waals surface area contributed by atoms with E-state index in [0.29, 0.717) is 0 Å². The molecule has 0 aromatic carbocycles. The van der Waals surface area contributed by atoms with Gasteiger partial charge in [0.25, 0.3) is 15.6 Å². The second-order valence-electron chi connectivity index (χ2n) is 5.64. The minimum atomic E-state index is -4.00. The van der Waals surface area contributed by atoms with E-state index in [0.717, 1.165) is 51.4 Å². The molecule has 0 amide bonds.